The number of alkyl carbamates (subject to hydrolysis) is 1. The zero-order valence-corrected chi connectivity index (χ0v) is 6.41. The van der Waals surface area contributed by atoms with Crippen LogP contribution < -0.4 is 5.32 Å². The largest absolute Gasteiger partial charge is 0.447 e. The smallest absolute Gasteiger partial charge is 0.407 e. The number of amides is 1. The average Bonchev–Trinajstić information content (AvgIpc) is 2.00. The highest BCUT2D eigenvalue weighted by Gasteiger charge is 2.05. The third-order valence-electron chi connectivity index (χ3n) is 0.963. The van der Waals surface area contributed by atoms with E-state index in [1.807, 2.05) is 0 Å². The van der Waals surface area contributed by atoms with Gasteiger partial charge >= 0.3 is 6.09 Å². The van der Waals surface area contributed by atoms with E-state index in [2.05, 4.69) is 10.1 Å². The van der Waals surface area contributed by atoms with Gasteiger partial charge in [-0.1, -0.05) is 0 Å². The zero-order chi connectivity index (χ0) is 8.69. The fourth-order valence-electron chi connectivity index (χ4n) is 0.427. The van der Waals surface area contributed by atoms with Gasteiger partial charge in [0.1, 0.15) is 6.61 Å². The second-order valence-electron chi connectivity index (χ2n) is 2.09. The van der Waals surface area contributed by atoms with Gasteiger partial charge in [0, 0.05) is 0 Å². The molecule has 5 nitrogen and oxygen atoms in total. The quantitative estimate of drug-likeness (QED) is 0.501. The van der Waals surface area contributed by atoms with E-state index in [-0.39, 0.29) is 25.9 Å². The minimum Gasteiger partial charge on any atom is -0.447 e. The molecule has 1 unspecified atom stereocenters. The van der Waals surface area contributed by atoms with Crippen molar-refractivity contribution in [3.63, 3.8) is 0 Å². The van der Waals surface area contributed by atoms with Gasteiger partial charge < -0.3 is 20.3 Å². The van der Waals surface area contributed by atoms with Gasteiger partial charge in [-0.15, -0.1) is 0 Å². The van der Waals surface area contributed by atoms with Crippen molar-refractivity contribution in [3.8, 4) is 0 Å². The van der Waals surface area contributed by atoms with Gasteiger partial charge in [0.15, 0.2) is 0 Å². The summed E-state index contributed by atoms with van der Waals surface area (Å²) in [6.07, 6.45) is -0.624. The molecule has 3 N–H and O–H groups in total. The Morgan fingerprint density at radius 2 is 2.27 bits per heavy atom. The van der Waals surface area contributed by atoms with Gasteiger partial charge in [-0.2, -0.15) is 0 Å². The summed E-state index contributed by atoms with van der Waals surface area (Å²) in [6.45, 7) is 1.29. The molecule has 0 aromatic carbocycles. The van der Waals surface area contributed by atoms with E-state index in [4.69, 9.17) is 10.2 Å². The Kier molecular flexibility index (Phi) is 5.50. The van der Waals surface area contributed by atoms with E-state index in [9.17, 15) is 4.79 Å². The maximum absolute atomic E-state index is 10.6. The highest BCUT2D eigenvalue weighted by atomic mass is 16.6. The first-order valence-electron chi connectivity index (χ1n) is 3.35. The minimum absolute atomic E-state index is 0.0238. The third kappa shape index (κ3) is 5.63. The summed E-state index contributed by atoms with van der Waals surface area (Å²) < 4.78 is 4.45. The monoisotopic (exact) mass is 163 g/mol. The number of hydrogen-bond donors (Lipinski definition) is 3. The van der Waals surface area contributed by atoms with Crippen molar-refractivity contribution < 1.29 is 19.7 Å². The number of aliphatic hydroxyl groups is 2. The highest BCUT2D eigenvalue weighted by molar-refractivity contribution is 5.67. The Morgan fingerprint density at radius 3 is 2.73 bits per heavy atom. The second-order valence-corrected chi connectivity index (χ2v) is 2.09. The SMILES string of the molecule is CC(CO)NC(=O)OCCO. The Balaban J connectivity index is 3.36. The van der Waals surface area contributed by atoms with Crippen LogP contribution in [0.2, 0.25) is 0 Å². The van der Waals surface area contributed by atoms with Crippen LogP contribution in [0.5, 0.6) is 0 Å². The van der Waals surface area contributed by atoms with E-state index in [1.165, 1.54) is 0 Å². The zero-order valence-electron chi connectivity index (χ0n) is 6.41. The predicted molar refractivity (Wildman–Crippen MR) is 38.1 cm³/mol. The summed E-state index contributed by atoms with van der Waals surface area (Å²) in [6, 6.07) is -0.318. The van der Waals surface area contributed by atoms with Crippen LogP contribution in [-0.4, -0.2) is 42.2 Å². The van der Waals surface area contributed by atoms with Gasteiger partial charge in [0.25, 0.3) is 0 Å². The van der Waals surface area contributed by atoms with Gasteiger partial charge in [-0.05, 0) is 6.92 Å². The molecule has 0 bridgehead atoms. The summed E-state index contributed by atoms with van der Waals surface area (Å²) in [5, 5.41) is 19.1. The fraction of sp³-hybridized carbons (Fsp3) is 0.833. The summed E-state index contributed by atoms with van der Waals surface area (Å²) in [5.74, 6) is 0. The Bertz CT molecular complexity index is 117. The molecule has 0 aromatic rings. The molecule has 0 rings (SSSR count). The standard InChI is InChI=1S/C6H13NO4/c1-5(4-9)7-6(10)11-3-2-8/h5,8-9H,2-4H2,1H3,(H,7,10). The lowest BCUT2D eigenvalue weighted by Gasteiger charge is -2.09. The topological polar surface area (TPSA) is 78.8 Å². The molecular formula is C6H13NO4. The third-order valence-corrected chi connectivity index (χ3v) is 0.963. The maximum atomic E-state index is 10.6. The fourth-order valence-corrected chi connectivity index (χ4v) is 0.427. The number of aliphatic hydroxyl groups excluding tert-OH is 2. The van der Waals surface area contributed by atoms with Crippen LogP contribution in [-0.2, 0) is 4.74 Å². The van der Waals surface area contributed by atoms with Crippen molar-refractivity contribution in [1.29, 1.82) is 0 Å². The predicted octanol–water partition coefficient (Wildman–Crippen LogP) is -0.914. The first-order valence-corrected chi connectivity index (χ1v) is 3.35. The summed E-state index contributed by atoms with van der Waals surface area (Å²) in [5.41, 5.74) is 0. The van der Waals surface area contributed by atoms with Crippen molar-refractivity contribution in [1.82, 2.24) is 5.32 Å². The van der Waals surface area contributed by atoms with Gasteiger partial charge in [0.05, 0.1) is 19.3 Å². The molecule has 0 aliphatic carbocycles. The Morgan fingerprint density at radius 1 is 1.64 bits per heavy atom. The molecule has 0 aliphatic heterocycles. The normalized spacial score (nSPS) is 12.3. The number of rotatable bonds is 4. The number of hydrogen-bond acceptors (Lipinski definition) is 4. The summed E-state index contributed by atoms with van der Waals surface area (Å²) in [4.78, 5) is 10.6. The van der Waals surface area contributed by atoms with Crippen molar-refractivity contribution in [2.45, 2.75) is 13.0 Å². The van der Waals surface area contributed by atoms with Crippen molar-refractivity contribution >= 4 is 6.09 Å². The molecule has 0 saturated heterocycles. The first kappa shape index (κ1) is 10.2. The molecule has 0 radical (unpaired) electrons. The summed E-state index contributed by atoms with van der Waals surface area (Å²) in [7, 11) is 0. The Hall–Kier alpha value is -0.810. The molecule has 0 aliphatic rings. The van der Waals surface area contributed by atoms with E-state index in [1.54, 1.807) is 6.92 Å². The highest BCUT2D eigenvalue weighted by Crippen LogP contribution is 1.81. The van der Waals surface area contributed by atoms with Crippen LogP contribution in [0, 0.1) is 0 Å². The van der Waals surface area contributed by atoms with E-state index in [0.717, 1.165) is 0 Å². The van der Waals surface area contributed by atoms with Gasteiger partial charge in [-0.3, -0.25) is 0 Å². The molecule has 1 amide bonds. The van der Waals surface area contributed by atoms with Crippen LogP contribution >= 0.6 is 0 Å². The molecule has 66 valence electrons. The first-order chi connectivity index (χ1) is 5.20. The second kappa shape index (κ2) is 5.94. The molecule has 11 heavy (non-hydrogen) atoms. The van der Waals surface area contributed by atoms with Crippen LogP contribution in [0.15, 0.2) is 0 Å². The van der Waals surface area contributed by atoms with E-state index >= 15 is 0 Å². The molecule has 0 saturated carbocycles. The lowest BCUT2D eigenvalue weighted by molar-refractivity contribution is 0.113. The van der Waals surface area contributed by atoms with Crippen LogP contribution in [0.4, 0.5) is 4.79 Å². The van der Waals surface area contributed by atoms with E-state index in [0.29, 0.717) is 0 Å². The van der Waals surface area contributed by atoms with Crippen molar-refractivity contribution in [2.75, 3.05) is 19.8 Å². The minimum atomic E-state index is -0.624. The van der Waals surface area contributed by atoms with E-state index < -0.39 is 6.09 Å². The maximum Gasteiger partial charge on any atom is 0.407 e. The van der Waals surface area contributed by atoms with Crippen LogP contribution in [0.25, 0.3) is 0 Å². The molecule has 0 spiro atoms. The number of ether oxygens (including phenoxy) is 1. The van der Waals surface area contributed by atoms with Crippen molar-refractivity contribution in [3.05, 3.63) is 0 Å². The van der Waals surface area contributed by atoms with Crippen LogP contribution in [0.1, 0.15) is 6.92 Å². The Labute approximate surface area is 65.0 Å². The molecule has 5 heteroatoms. The van der Waals surface area contributed by atoms with Crippen molar-refractivity contribution in [2.24, 2.45) is 0 Å². The molecule has 0 fully saturated rings. The summed E-state index contributed by atoms with van der Waals surface area (Å²) >= 11 is 0. The average molecular weight is 163 g/mol. The van der Waals surface area contributed by atoms with Gasteiger partial charge in [-0.25, -0.2) is 4.79 Å². The molecular weight excluding hydrogens is 150 g/mol. The van der Waals surface area contributed by atoms with Crippen LogP contribution in [0.3, 0.4) is 0 Å². The number of nitrogens with one attached hydrogen (secondary N) is 1. The van der Waals surface area contributed by atoms with Gasteiger partial charge in [0.2, 0.25) is 0 Å². The molecule has 1 atom stereocenters. The molecule has 0 aromatic heterocycles. The number of carbonyl (C=O) groups is 1. The lowest BCUT2D eigenvalue weighted by Crippen LogP contribution is -2.35. The lowest BCUT2D eigenvalue weighted by atomic mass is 10.4. The molecule has 0 heterocycles. The number of carbonyl (C=O) groups excluding carboxylic acids is 1.